The molecule has 0 N–H and O–H groups in total. The van der Waals surface area contributed by atoms with Crippen LogP contribution in [-0.2, 0) is 4.74 Å². The quantitative estimate of drug-likeness (QED) is 0.832. The number of aromatic nitrogens is 2. The van der Waals surface area contributed by atoms with Crippen molar-refractivity contribution in [3.63, 3.8) is 0 Å². The first-order valence-electron chi connectivity index (χ1n) is 6.55. The fourth-order valence-electron chi connectivity index (χ4n) is 2.45. The van der Waals surface area contributed by atoms with Crippen LogP contribution in [0.25, 0.3) is 10.9 Å². The average molecular weight is 261 g/mol. The summed E-state index contributed by atoms with van der Waals surface area (Å²) in [6, 6.07) is 4.99. The van der Waals surface area contributed by atoms with Gasteiger partial charge in [-0.05, 0) is 18.6 Å². The van der Waals surface area contributed by atoms with Crippen molar-refractivity contribution >= 4 is 16.7 Å². The van der Waals surface area contributed by atoms with Gasteiger partial charge in [0.1, 0.15) is 23.5 Å². The van der Waals surface area contributed by atoms with E-state index in [4.69, 9.17) is 4.74 Å². The summed E-state index contributed by atoms with van der Waals surface area (Å²) < 4.78 is 19.4. The van der Waals surface area contributed by atoms with Gasteiger partial charge >= 0.3 is 0 Å². The number of hydrogen-bond donors (Lipinski definition) is 0. The summed E-state index contributed by atoms with van der Waals surface area (Å²) >= 11 is 0. The molecule has 1 saturated heterocycles. The highest BCUT2D eigenvalue weighted by atomic mass is 19.1. The molecule has 1 aliphatic rings. The van der Waals surface area contributed by atoms with Crippen molar-refractivity contribution < 1.29 is 9.13 Å². The summed E-state index contributed by atoms with van der Waals surface area (Å²) in [5.74, 6) is 0.493. The van der Waals surface area contributed by atoms with Crippen LogP contribution in [0, 0.1) is 5.82 Å². The average Bonchev–Trinajstić information content (AvgIpc) is 2.47. The van der Waals surface area contributed by atoms with E-state index < -0.39 is 0 Å². The highest BCUT2D eigenvalue weighted by Crippen LogP contribution is 2.26. The zero-order valence-corrected chi connectivity index (χ0v) is 10.8. The Hall–Kier alpha value is -1.75. The number of hydrogen-bond acceptors (Lipinski definition) is 4. The highest BCUT2D eigenvalue weighted by Gasteiger charge is 2.22. The van der Waals surface area contributed by atoms with Crippen LogP contribution in [0.2, 0.25) is 0 Å². The lowest BCUT2D eigenvalue weighted by molar-refractivity contribution is 0.0382. The van der Waals surface area contributed by atoms with E-state index in [1.807, 2.05) is 6.07 Å². The van der Waals surface area contributed by atoms with Gasteiger partial charge in [-0.1, -0.05) is 13.0 Å². The minimum absolute atomic E-state index is 0.215. The smallest absolute Gasteiger partial charge is 0.149 e. The molecular formula is C14H16FN3O. The van der Waals surface area contributed by atoms with Crippen LogP contribution in [0.4, 0.5) is 10.2 Å². The molecule has 1 unspecified atom stereocenters. The second-order valence-corrected chi connectivity index (χ2v) is 4.68. The number of halogens is 1. The van der Waals surface area contributed by atoms with Gasteiger partial charge in [0.2, 0.25) is 0 Å². The van der Waals surface area contributed by atoms with Gasteiger partial charge in [0.15, 0.2) is 0 Å². The summed E-state index contributed by atoms with van der Waals surface area (Å²) in [5.41, 5.74) is 0.382. The molecular weight excluding hydrogens is 245 g/mol. The molecule has 2 heterocycles. The van der Waals surface area contributed by atoms with Gasteiger partial charge in [-0.15, -0.1) is 0 Å². The molecule has 100 valence electrons. The number of nitrogens with zero attached hydrogens (tertiary/aromatic N) is 3. The zero-order valence-electron chi connectivity index (χ0n) is 10.8. The summed E-state index contributed by atoms with van der Waals surface area (Å²) in [6.45, 7) is 4.35. The molecule has 19 heavy (non-hydrogen) atoms. The standard InChI is InChI=1S/C14H16FN3O/c1-2-10-8-18(6-7-19-10)14-11-4-3-5-12(15)13(11)16-9-17-14/h3-5,9-10H,2,6-8H2,1H3. The normalized spacial score (nSPS) is 19.9. The Bertz CT molecular complexity index is 590. The van der Waals surface area contributed by atoms with Gasteiger partial charge in [0.25, 0.3) is 0 Å². The van der Waals surface area contributed by atoms with Crippen molar-refractivity contribution in [2.24, 2.45) is 0 Å². The van der Waals surface area contributed by atoms with E-state index in [2.05, 4.69) is 21.8 Å². The Morgan fingerprint density at radius 3 is 3.16 bits per heavy atom. The highest BCUT2D eigenvalue weighted by molar-refractivity contribution is 5.89. The van der Waals surface area contributed by atoms with E-state index in [1.54, 1.807) is 6.07 Å². The van der Waals surface area contributed by atoms with E-state index in [-0.39, 0.29) is 11.9 Å². The lowest BCUT2D eigenvalue weighted by Crippen LogP contribution is -2.42. The largest absolute Gasteiger partial charge is 0.375 e. The summed E-state index contributed by atoms with van der Waals surface area (Å²) in [6.07, 6.45) is 2.61. The van der Waals surface area contributed by atoms with Gasteiger partial charge in [-0.2, -0.15) is 0 Å². The zero-order chi connectivity index (χ0) is 13.2. The fraction of sp³-hybridized carbons (Fsp3) is 0.429. The predicted molar refractivity (Wildman–Crippen MR) is 71.7 cm³/mol. The molecule has 4 nitrogen and oxygen atoms in total. The van der Waals surface area contributed by atoms with Crippen LogP contribution in [0.3, 0.4) is 0 Å². The third-order valence-electron chi connectivity index (χ3n) is 3.49. The molecule has 0 bridgehead atoms. The minimum Gasteiger partial charge on any atom is -0.375 e. The van der Waals surface area contributed by atoms with Crippen molar-refractivity contribution in [1.29, 1.82) is 0 Å². The molecule has 2 aromatic rings. The van der Waals surface area contributed by atoms with E-state index in [0.717, 1.165) is 30.7 Å². The Morgan fingerprint density at radius 2 is 2.32 bits per heavy atom. The van der Waals surface area contributed by atoms with Crippen molar-refractivity contribution in [1.82, 2.24) is 9.97 Å². The van der Waals surface area contributed by atoms with Crippen molar-refractivity contribution in [2.75, 3.05) is 24.6 Å². The number of ether oxygens (including phenoxy) is 1. The molecule has 1 aliphatic heterocycles. The van der Waals surface area contributed by atoms with E-state index >= 15 is 0 Å². The molecule has 0 saturated carbocycles. The Labute approximate surface area is 111 Å². The molecule has 1 atom stereocenters. The minimum atomic E-state index is -0.304. The molecule has 5 heteroatoms. The third kappa shape index (κ3) is 2.26. The number of fused-ring (bicyclic) bond motifs is 1. The van der Waals surface area contributed by atoms with Crippen molar-refractivity contribution in [2.45, 2.75) is 19.4 Å². The number of morpholine rings is 1. The van der Waals surface area contributed by atoms with Crippen LogP contribution in [-0.4, -0.2) is 35.8 Å². The monoisotopic (exact) mass is 261 g/mol. The summed E-state index contributed by atoms with van der Waals surface area (Å²) in [5, 5.41) is 0.763. The SMILES string of the molecule is CCC1CN(c2ncnc3c(F)cccc23)CCO1. The second kappa shape index (κ2) is 5.09. The first-order chi connectivity index (χ1) is 9.29. The van der Waals surface area contributed by atoms with E-state index in [9.17, 15) is 4.39 Å². The van der Waals surface area contributed by atoms with Gasteiger partial charge in [-0.25, -0.2) is 14.4 Å². The van der Waals surface area contributed by atoms with Crippen molar-refractivity contribution in [3.05, 3.63) is 30.3 Å². The second-order valence-electron chi connectivity index (χ2n) is 4.68. The van der Waals surface area contributed by atoms with Crippen LogP contribution in [0.15, 0.2) is 24.5 Å². The number of para-hydroxylation sites is 1. The number of benzene rings is 1. The van der Waals surface area contributed by atoms with E-state index in [0.29, 0.717) is 12.1 Å². The van der Waals surface area contributed by atoms with Crippen LogP contribution < -0.4 is 4.90 Å². The molecule has 1 aromatic heterocycles. The van der Waals surface area contributed by atoms with Gasteiger partial charge in [-0.3, -0.25) is 0 Å². The number of rotatable bonds is 2. The molecule has 3 rings (SSSR count). The Morgan fingerprint density at radius 1 is 1.42 bits per heavy atom. The molecule has 0 aliphatic carbocycles. The predicted octanol–water partition coefficient (Wildman–Crippen LogP) is 2.38. The van der Waals surface area contributed by atoms with E-state index in [1.165, 1.54) is 12.4 Å². The lowest BCUT2D eigenvalue weighted by atomic mass is 10.2. The van der Waals surface area contributed by atoms with Crippen molar-refractivity contribution in [3.8, 4) is 0 Å². The van der Waals surface area contributed by atoms with Gasteiger partial charge < -0.3 is 9.64 Å². The molecule has 1 fully saturated rings. The molecule has 0 spiro atoms. The summed E-state index contributed by atoms with van der Waals surface area (Å²) in [4.78, 5) is 10.5. The van der Waals surface area contributed by atoms with Crippen LogP contribution >= 0.6 is 0 Å². The van der Waals surface area contributed by atoms with Gasteiger partial charge in [0.05, 0.1) is 12.7 Å². The molecule has 0 radical (unpaired) electrons. The third-order valence-corrected chi connectivity index (χ3v) is 3.49. The van der Waals surface area contributed by atoms with Crippen LogP contribution in [0.1, 0.15) is 13.3 Å². The maximum atomic E-state index is 13.7. The van der Waals surface area contributed by atoms with Crippen LogP contribution in [0.5, 0.6) is 0 Å². The Kier molecular flexibility index (Phi) is 3.29. The lowest BCUT2D eigenvalue weighted by Gasteiger charge is -2.33. The summed E-state index contributed by atoms with van der Waals surface area (Å²) in [7, 11) is 0. The number of anilines is 1. The maximum absolute atomic E-state index is 13.7. The molecule has 1 aromatic carbocycles. The first-order valence-corrected chi connectivity index (χ1v) is 6.55. The maximum Gasteiger partial charge on any atom is 0.149 e. The molecule has 0 amide bonds. The fourth-order valence-corrected chi connectivity index (χ4v) is 2.45. The van der Waals surface area contributed by atoms with Gasteiger partial charge in [0, 0.05) is 18.5 Å². The first kappa shape index (κ1) is 12.3. The Balaban J connectivity index is 2.03. The topological polar surface area (TPSA) is 38.2 Å².